The van der Waals surface area contributed by atoms with E-state index in [0.717, 1.165) is 49.1 Å². The van der Waals surface area contributed by atoms with E-state index in [0.29, 0.717) is 18.2 Å². The Labute approximate surface area is 194 Å². The van der Waals surface area contributed by atoms with Gasteiger partial charge in [0, 0.05) is 12.6 Å². The summed E-state index contributed by atoms with van der Waals surface area (Å²) in [5, 5.41) is 6.16. The number of aromatic nitrogens is 2. The average Bonchev–Trinajstić information content (AvgIpc) is 3.24. The SMILES string of the molecule is O=C(NC(Cc1ccc(OC(F)(F)F)cc1)c1nc2ccccc2[nH]1)NC1CN2CCC1CC2. The molecule has 4 heterocycles. The number of para-hydroxylation sites is 2. The number of amides is 2. The summed E-state index contributed by atoms with van der Waals surface area (Å²) < 4.78 is 41.4. The van der Waals surface area contributed by atoms with E-state index in [1.54, 1.807) is 12.1 Å². The molecule has 2 unspecified atom stereocenters. The van der Waals surface area contributed by atoms with Gasteiger partial charge in [0.05, 0.1) is 17.1 Å². The molecule has 0 aliphatic carbocycles. The van der Waals surface area contributed by atoms with E-state index in [9.17, 15) is 18.0 Å². The molecule has 2 atom stereocenters. The van der Waals surface area contributed by atoms with Crippen LogP contribution in [0.5, 0.6) is 5.75 Å². The Hall–Kier alpha value is -3.27. The van der Waals surface area contributed by atoms with Gasteiger partial charge in [0.25, 0.3) is 0 Å². The van der Waals surface area contributed by atoms with Gasteiger partial charge in [0.15, 0.2) is 0 Å². The number of carbonyl (C=O) groups excluding carboxylic acids is 1. The second-order valence-electron chi connectivity index (χ2n) is 8.95. The fourth-order valence-corrected chi connectivity index (χ4v) is 4.91. The average molecular weight is 473 g/mol. The van der Waals surface area contributed by atoms with E-state index in [2.05, 4.69) is 30.2 Å². The van der Waals surface area contributed by atoms with Crippen LogP contribution in [0.1, 0.15) is 30.3 Å². The van der Waals surface area contributed by atoms with Crippen molar-refractivity contribution in [1.82, 2.24) is 25.5 Å². The van der Waals surface area contributed by atoms with Gasteiger partial charge in [-0.2, -0.15) is 0 Å². The number of fused-ring (bicyclic) bond motifs is 4. The Morgan fingerprint density at radius 2 is 1.88 bits per heavy atom. The molecule has 10 heteroatoms. The second kappa shape index (κ2) is 9.17. The molecule has 3 aliphatic rings. The number of carbonyl (C=O) groups is 1. The van der Waals surface area contributed by atoms with Crippen LogP contribution < -0.4 is 15.4 Å². The number of urea groups is 1. The van der Waals surface area contributed by atoms with Crippen LogP contribution in [-0.2, 0) is 6.42 Å². The predicted octanol–water partition coefficient (Wildman–Crippen LogP) is 4.14. The molecule has 3 fully saturated rings. The molecule has 7 nitrogen and oxygen atoms in total. The first kappa shape index (κ1) is 22.5. The summed E-state index contributed by atoms with van der Waals surface area (Å²) in [6.45, 7) is 3.02. The zero-order valence-corrected chi connectivity index (χ0v) is 18.4. The number of hydrogen-bond donors (Lipinski definition) is 3. The number of benzene rings is 2. The summed E-state index contributed by atoms with van der Waals surface area (Å²) in [6, 6.07) is 12.6. The van der Waals surface area contributed by atoms with Gasteiger partial charge < -0.3 is 25.3 Å². The van der Waals surface area contributed by atoms with Crippen LogP contribution in [0, 0.1) is 5.92 Å². The van der Waals surface area contributed by atoms with Crippen molar-refractivity contribution in [3.63, 3.8) is 0 Å². The molecule has 0 saturated carbocycles. The van der Waals surface area contributed by atoms with E-state index in [1.807, 2.05) is 24.3 Å². The van der Waals surface area contributed by atoms with Gasteiger partial charge in [-0.05, 0) is 68.1 Å². The molecule has 1 aromatic heterocycles. The number of imidazole rings is 1. The molecule has 3 saturated heterocycles. The monoisotopic (exact) mass is 473 g/mol. The minimum Gasteiger partial charge on any atom is -0.406 e. The first-order valence-corrected chi connectivity index (χ1v) is 11.4. The summed E-state index contributed by atoms with van der Waals surface area (Å²) in [6.07, 6.45) is -2.22. The topological polar surface area (TPSA) is 82.3 Å². The van der Waals surface area contributed by atoms with Crippen molar-refractivity contribution in [2.45, 2.75) is 37.7 Å². The maximum Gasteiger partial charge on any atom is 0.573 e. The van der Waals surface area contributed by atoms with Crippen molar-refractivity contribution >= 4 is 17.1 Å². The number of nitrogens with zero attached hydrogens (tertiary/aromatic N) is 2. The number of hydrogen-bond acceptors (Lipinski definition) is 4. The van der Waals surface area contributed by atoms with Gasteiger partial charge in [-0.15, -0.1) is 13.2 Å². The fourth-order valence-electron chi connectivity index (χ4n) is 4.91. The number of alkyl halides is 3. The van der Waals surface area contributed by atoms with Crippen molar-refractivity contribution in [3.8, 4) is 5.75 Å². The number of rotatable bonds is 6. The van der Waals surface area contributed by atoms with Gasteiger partial charge in [0.2, 0.25) is 0 Å². The molecule has 2 amide bonds. The second-order valence-corrected chi connectivity index (χ2v) is 8.95. The maximum atomic E-state index is 13.0. The van der Waals surface area contributed by atoms with Crippen LogP contribution in [0.25, 0.3) is 11.0 Å². The van der Waals surface area contributed by atoms with Crippen molar-refractivity contribution in [1.29, 1.82) is 0 Å². The highest BCUT2D eigenvalue weighted by Crippen LogP contribution is 2.28. The molecular weight excluding hydrogens is 447 g/mol. The first-order chi connectivity index (χ1) is 16.3. The molecule has 3 aliphatic heterocycles. The van der Waals surface area contributed by atoms with Crippen LogP contribution in [0.4, 0.5) is 18.0 Å². The first-order valence-electron chi connectivity index (χ1n) is 11.4. The molecule has 180 valence electrons. The summed E-state index contributed by atoms with van der Waals surface area (Å²) in [5.41, 5.74) is 2.36. The predicted molar refractivity (Wildman–Crippen MR) is 120 cm³/mol. The number of ether oxygens (including phenoxy) is 1. The lowest BCUT2D eigenvalue weighted by Gasteiger charge is -2.44. The third-order valence-electron chi connectivity index (χ3n) is 6.61. The van der Waals surface area contributed by atoms with Crippen molar-refractivity contribution in [3.05, 3.63) is 59.9 Å². The van der Waals surface area contributed by atoms with Crippen LogP contribution in [0.2, 0.25) is 0 Å². The van der Waals surface area contributed by atoms with Crippen LogP contribution >= 0.6 is 0 Å². The standard InChI is InChI=1S/C24H26F3N5O2/c25-24(26,27)34-17-7-5-15(6-8-17)13-20(22-28-18-3-1-2-4-19(18)29-22)30-23(33)31-21-14-32-11-9-16(21)10-12-32/h1-8,16,20-21H,9-14H2,(H,28,29)(H2,30,31,33). The van der Waals surface area contributed by atoms with Crippen LogP contribution in [0.15, 0.2) is 48.5 Å². The normalized spacial score (nSPS) is 23.0. The molecule has 34 heavy (non-hydrogen) atoms. The minimum absolute atomic E-state index is 0.109. The number of aromatic amines is 1. The van der Waals surface area contributed by atoms with Gasteiger partial charge in [-0.3, -0.25) is 0 Å². The highest BCUT2D eigenvalue weighted by Gasteiger charge is 2.35. The number of halogens is 3. The van der Waals surface area contributed by atoms with Gasteiger partial charge in [-0.25, -0.2) is 9.78 Å². The molecule has 2 aromatic carbocycles. The lowest BCUT2D eigenvalue weighted by Crippen LogP contribution is -2.58. The third-order valence-corrected chi connectivity index (χ3v) is 6.61. The van der Waals surface area contributed by atoms with Crippen molar-refractivity contribution in [2.75, 3.05) is 19.6 Å². The Kier molecular flexibility index (Phi) is 6.07. The zero-order valence-electron chi connectivity index (χ0n) is 18.4. The number of nitrogens with one attached hydrogen (secondary N) is 3. The number of H-pyrrole nitrogens is 1. The van der Waals surface area contributed by atoms with Crippen molar-refractivity contribution < 1.29 is 22.7 Å². The van der Waals surface area contributed by atoms with Crippen LogP contribution in [0.3, 0.4) is 0 Å². The molecule has 0 spiro atoms. The highest BCUT2D eigenvalue weighted by atomic mass is 19.4. The molecule has 3 N–H and O–H groups in total. The largest absolute Gasteiger partial charge is 0.573 e. The van der Waals surface area contributed by atoms with Crippen molar-refractivity contribution in [2.24, 2.45) is 5.92 Å². The van der Waals surface area contributed by atoms with Gasteiger partial charge in [0.1, 0.15) is 11.6 Å². The Morgan fingerprint density at radius 1 is 1.15 bits per heavy atom. The third kappa shape index (κ3) is 5.27. The number of piperidine rings is 3. The molecular formula is C24H26F3N5O2. The van der Waals surface area contributed by atoms with E-state index in [-0.39, 0.29) is 17.8 Å². The summed E-state index contributed by atoms with van der Waals surface area (Å²) in [5.74, 6) is 0.784. The Bertz CT molecular complexity index is 1110. The van der Waals surface area contributed by atoms with E-state index in [4.69, 9.17) is 0 Å². The van der Waals surface area contributed by atoms with E-state index in [1.165, 1.54) is 12.1 Å². The van der Waals surface area contributed by atoms with E-state index < -0.39 is 12.4 Å². The quantitative estimate of drug-likeness (QED) is 0.503. The lowest BCUT2D eigenvalue weighted by molar-refractivity contribution is -0.274. The Morgan fingerprint density at radius 3 is 2.53 bits per heavy atom. The fraction of sp³-hybridized carbons (Fsp3) is 0.417. The maximum absolute atomic E-state index is 13.0. The molecule has 2 bridgehead atoms. The molecule has 3 aromatic rings. The minimum atomic E-state index is -4.74. The zero-order chi connectivity index (χ0) is 23.7. The van der Waals surface area contributed by atoms with Crippen LogP contribution in [-0.4, -0.2) is 52.9 Å². The van der Waals surface area contributed by atoms with E-state index >= 15 is 0 Å². The summed E-state index contributed by atoms with van der Waals surface area (Å²) in [4.78, 5) is 23.2. The Balaban J connectivity index is 1.32. The smallest absolute Gasteiger partial charge is 0.406 e. The molecule has 0 radical (unpaired) electrons. The van der Waals surface area contributed by atoms with Gasteiger partial charge >= 0.3 is 12.4 Å². The molecule has 6 rings (SSSR count). The lowest BCUT2D eigenvalue weighted by atomic mass is 9.84. The highest BCUT2D eigenvalue weighted by molar-refractivity contribution is 5.76. The van der Waals surface area contributed by atoms with Gasteiger partial charge in [-0.1, -0.05) is 24.3 Å². The summed E-state index contributed by atoms with van der Waals surface area (Å²) in [7, 11) is 0. The summed E-state index contributed by atoms with van der Waals surface area (Å²) >= 11 is 0.